The maximum Gasteiger partial charge on any atom is 0.247 e. The van der Waals surface area contributed by atoms with Crippen LogP contribution >= 0.6 is 15.9 Å². The molecule has 0 saturated carbocycles. The molecule has 9 heteroatoms. The molecule has 1 saturated heterocycles. The molecule has 0 bridgehead atoms. The lowest BCUT2D eigenvalue weighted by Gasteiger charge is -2.33. The van der Waals surface area contributed by atoms with Gasteiger partial charge < -0.3 is 4.90 Å². The number of sulfonamides is 1. The van der Waals surface area contributed by atoms with E-state index in [0.717, 1.165) is 10.4 Å². The summed E-state index contributed by atoms with van der Waals surface area (Å²) in [6.07, 6.45) is 0. The first-order valence-electron chi connectivity index (χ1n) is 6.13. The lowest BCUT2D eigenvalue weighted by molar-refractivity contribution is -0.129. The van der Waals surface area contributed by atoms with Crippen LogP contribution in [0.3, 0.4) is 0 Å². The molecular formula is C12H13BrF2N2O3S. The number of piperazine rings is 1. The molecule has 1 aliphatic heterocycles. The summed E-state index contributed by atoms with van der Waals surface area (Å²) in [6.45, 7) is 2.04. The number of carbonyl (C=O) groups excluding carboxylic acids is 1. The molecule has 5 nitrogen and oxygen atoms in total. The molecule has 0 radical (unpaired) electrons. The maximum atomic E-state index is 13.8. The van der Waals surface area contributed by atoms with Gasteiger partial charge in [0, 0.05) is 43.6 Å². The third-order valence-electron chi connectivity index (χ3n) is 3.24. The highest BCUT2D eigenvalue weighted by Gasteiger charge is 2.33. The van der Waals surface area contributed by atoms with Gasteiger partial charge in [0.05, 0.1) is 0 Å². The second-order valence-corrected chi connectivity index (χ2v) is 7.34. The average molecular weight is 383 g/mol. The second-order valence-electron chi connectivity index (χ2n) is 4.61. The number of benzene rings is 1. The topological polar surface area (TPSA) is 57.7 Å². The number of nitrogens with zero attached hydrogens (tertiary/aromatic N) is 2. The summed E-state index contributed by atoms with van der Waals surface area (Å²) >= 11 is 2.89. The van der Waals surface area contributed by atoms with Crippen molar-refractivity contribution in [3.63, 3.8) is 0 Å². The Hall–Kier alpha value is -1.06. The molecule has 1 aromatic rings. The lowest BCUT2D eigenvalue weighted by Crippen LogP contribution is -2.50. The van der Waals surface area contributed by atoms with Gasteiger partial charge in [0.25, 0.3) is 0 Å². The van der Waals surface area contributed by atoms with Crippen molar-refractivity contribution in [1.82, 2.24) is 9.21 Å². The lowest BCUT2D eigenvalue weighted by atomic mass is 10.3. The van der Waals surface area contributed by atoms with E-state index in [2.05, 4.69) is 15.9 Å². The van der Waals surface area contributed by atoms with Crippen molar-refractivity contribution in [2.45, 2.75) is 11.8 Å². The van der Waals surface area contributed by atoms with Crippen molar-refractivity contribution in [2.24, 2.45) is 0 Å². The van der Waals surface area contributed by atoms with Crippen LogP contribution in [0.5, 0.6) is 0 Å². The summed E-state index contributed by atoms with van der Waals surface area (Å²) in [5, 5.41) is 0. The van der Waals surface area contributed by atoms with E-state index in [-0.39, 0.29) is 36.6 Å². The molecule has 0 unspecified atom stereocenters. The van der Waals surface area contributed by atoms with Crippen molar-refractivity contribution in [2.75, 3.05) is 26.2 Å². The standard InChI is InChI=1S/C12H13BrF2N2O3S/c1-8(18)16-2-4-17(5-3-16)21(19,20)12-10(13)6-9(14)7-11(12)15/h6-7H,2-5H2,1H3. The fourth-order valence-corrected chi connectivity index (χ4v) is 4.68. The fourth-order valence-electron chi connectivity index (χ4n) is 2.15. The number of carbonyl (C=O) groups is 1. The minimum absolute atomic E-state index is 0.0746. The van der Waals surface area contributed by atoms with Crippen molar-refractivity contribution in [3.8, 4) is 0 Å². The van der Waals surface area contributed by atoms with Crippen LogP contribution in [-0.4, -0.2) is 49.7 Å². The first-order chi connectivity index (χ1) is 9.73. The number of hydrogen-bond acceptors (Lipinski definition) is 3. The third kappa shape index (κ3) is 3.24. The van der Waals surface area contributed by atoms with Gasteiger partial charge in [-0.1, -0.05) is 0 Å². The number of hydrogen-bond donors (Lipinski definition) is 0. The fraction of sp³-hybridized carbons (Fsp3) is 0.417. The number of rotatable bonds is 2. The molecule has 0 aromatic heterocycles. The van der Waals surface area contributed by atoms with Gasteiger partial charge in [0.2, 0.25) is 15.9 Å². The molecule has 1 aromatic carbocycles. The highest BCUT2D eigenvalue weighted by atomic mass is 79.9. The summed E-state index contributed by atoms with van der Waals surface area (Å²) in [5.41, 5.74) is 0. The Labute approximate surface area is 129 Å². The minimum Gasteiger partial charge on any atom is -0.340 e. The SMILES string of the molecule is CC(=O)N1CCN(S(=O)(=O)c2c(F)cc(F)cc2Br)CC1. The van der Waals surface area contributed by atoms with Crippen LogP contribution in [-0.2, 0) is 14.8 Å². The average Bonchev–Trinajstić information content (AvgIpc) is 2.37. The van der Waals surface area contributed by atoms with Gasteiger partial charge in [-0.2, -0.15) is 4.31 Å². The zero-order chi connectivity index (χ0) is 15.8. The first-order valence-corrected chi connectivity index (χ1v) is 8.37. The molecule has 21 heavy (non-hydrogen) atoms. The summed E-state index contributed by atoms with van der Waals surface area (Å²) < 4.78 is 52.7. The largest absolute Gasteiger partial charge is 0.340 e. The van der Waals surface area contributed by atoms with E-state index in [1.807, 2.05) is 0 Å². The van der Waals surface area contributed by atoms with E-state index in [9.17, 15) is 22.0 Å². The van der Waals surface area contributed by atoms with Gasteiger partial charge in [-0.15, -0.1) is 0 Å². The van der Waals surface area contributed by atoms with E-state index >= 15 is 0 Å². The highest BCUT2D eigenvalue weighted by Crippen LogP contribution is 2.29. The second kappa shape index (κ2) is 5.98. The van der Waals surface area contributed by atoms with E-state index < -0.39 is 26.6 Å². The zero-order valence-corrected chi connectivity index (χ0v) is 13.5. The normalized spacial score (nSPS) is 17.0. The molecule has 0 spiro atoms. The molecule has 1 aliphatic rings. The molecule has 1 amide bonds. The molecule has 2 rings (SSSR count). The summed E-state index contributed by atoms with van der Waals surface area (Å²) in [5.74, 6) is -2.14. The Kier molecular flexibility index (Phi) is 4.64. The van der Waals surface area contributed by atoms with Crippen LogP contribution in [0.15, 0.2) is 21.5 Å². The van der Waals surface area contributed by atoms with Gasteiger partial charge in [0.1, 0.15) is 16.5 Å². The Bertz CT molecular complexity index is 650. The number of halogens is 3. The van der Waals surface area contributed by atoms with Crippen molar-refractivity contribution in [3.05, 3.63) is 28.2 Å². The molecule has 116 valence electrons. The predicted octanol–water partition coefficient (Wildman–Crippen LogP) is 1.58. The van der Waals surface area contributed by atoms with Crippen LogP contribution < -0.4 is 0 Å². The Morgan fingerprint density at radius 2 is 1.76 bits per heavy atom. The van der Waals surface area contributed by atoms with Crippen LogP contribution in [0.4, 0.5) is 8.78 Å². The van der Waals surface area contributed by atoms with Gasteiger partial charge in [-0.3, -0.25) is 4.79 Å². The number of amides is 1. The molecule has 0 aliphatic carbocycles. The van der Waals surface area contributed by atoms with Gasteiger partial charge in [-0.05, 0) is 22.0 Å². The molecule has 1 fully saturated rings. The van der Waals surface area contributed by atoms with Crippen LogP contribution in [0.2, 0.25) is 0 Å². The van der Waals surface area contributed by atoms with E-state index in [0.29, 0.717) is 6.07 Å². The minimum atomic E-state index is -4.08. The summed E-state index contributed by atoms with van der Waals surface area (Å²) in [7, 11) is -4.08. The van der Waals surface area contributed by atoms with Crippen molar-refractivity contribution >= 4 is 31.9 Å². The van der Waals surface area contributed by atoms with Crippen LogP contribution in [0, 0.1) is 11.6 Å². The van der Waals surface area contributed by atoms with Gasteiger partial charge in [-0.25, -0.2) is 17.2 Å². The summed E-state index contributed by atoms with van der Waals surface area (Å²) in [4.78, 5) is 12.2. The summed E-state index contributed by atoms with van der Waals surface area (Å²) in [6, 6.07) is 1.44. The monoisotopic (exact) mass is 382 g/mol. The van der Waals surface area contributed by atoms with Crippen molar-refractivity contribution < 1.29 is 22.0 Å². The maximum absolute atomic E-state index is 13.8. The molecule has 1 heterocycles. The first kappa shape index (κ1) is 16.3. The third-order valence-corrected chi connectivity index (χ3v) is 6.11. The van der Waals surface area contributed by atoms with Crippen molar-refractivity contribution in [1.29, 1.82) is 0 Å². The van der Waals surface area contributed by atoms with Gasteiger partial charge >= 0.3 is 0 Å². The van der Waals surface area contributed by atoms with Crippen LogP contribution in [0.1, 0.15) is 6.92 Å². The van der Waals surface area contributed by atoms with Crippen LogP contribution in [0.25, 0.3) is 0 Å². The Morgan fingerprint density at radius 3 is 2.24 bits per heavy atom. The predicted molar refractivity (Wildman–Crippen MR) is 75.1 cm³/mol. The Morgan fingerprint density at radius 1 is 1.19 bits per heavy atom. The smallest absolute Gasteiger partial charge is 0.247 e. The Balaban J connectivity index is 2.30. The quantitative estimate of drug-likeness (QED) is 0.780. The molecule has 0 N–H and O–H groups in total. The highest BCUT2D eigenvalue weighted by molar-refractivity contribution is 9.10. The van der Waals surface area contributed by atoms with E-state index in [4.69, 9.17) is 0 Å². The zero-order valence-electron chi connectivity index (χ0n) is 11.1. The van der Waals surface area contributed by atoms with E-state index in [1.54, 1.807) is 0 Å². The molecular weight excluding hydrogens is 370 g/mol. The van der Waals surface area contributed by atoms with Gasteiger partial charge in [0.15, 0.2) is 0 Å². The van der Waals surface area contributed by atoms with E-state index in [1.165, 1.54) is 11.8 Å². The molecule has 0 atom stereocenters.